The first kappa shape index (κ1) is 9.91. The lowest BCUT2D eigenvalue weighted by molar-refractivity contribution is 0.712. The highest BCUT2D eigenvalue weighted by Crippen LogP contribution is 2.26. The molecule has 0 saturated heterocycles. The maximum absolute atomic E-state index is 2.44. The topological polar surface area (TPSA) is 0 Å². The summed E-state index contributed by atoms with van der Waals surface area (Å²) in [5.41, 5.74) is 1.58. The SMILES string of the molecule is C/C=C/CSC1C=C(C)CCC1. The van der Waals surface area contributed by atoms with Gasteiger partial charge < -0.3 is 0 Å². The van der Waals surface area contributed by atoms with Crippen LogP contribution >= 0.6 is 11.8 Å². The van der Waals surface area contributed by atoms with Gasteiger partial charge >= 0.3 is 0 Å². The number of allylic oxidation sites excluding steroid dienone is 2. The van der Waals surface area contributed by atoms with Crippen molar-refractivity contribution >= 4 is 11.8 Å². The van der Waals surface area contributed by atoms with Crippen molar-refractivity contribution in [1.82, 2.24) is 0 Å². The summed E-state index contributed by atoms with van der Waals surface area (Å²) < 4.78 is 0. The summed E-state index contributed by atoms with van der Waals surface area (Å²) in [6, 6.07) is 0. The molecular formula is C11H18S. The van der Waals surface area contributed by atoms with Gasteiger partial charge in [0, 0.05) is 11.0 Å². The number of rotatable bonds is 3. The van der Waals surface area contributed by atoms with E-state index >= 15 is 0 Å². The Morgan fingerprint density at radius 2 is 2.50 bits per heavy atom. The monoisotopic (exact) mass is 182 g/mol. The second kappa shape index (κ2) is 5.47. The van der Waals surface area contributed by atoms with Crippen LogP contribution in [0.4, 0.5) is 0 Å². The Balaban J connectivity index is 2.27. The van der Waals surface area contributed by atoms with Crippen molar-refractivity contribution in [1.29, 1.82) is 0 Å². The quantitative estimate of drug-likeness (QED) is 0.598. The van der Waals surface area contributed by atoms with E-state index in [-0.39, 0.29) is 0 Å². The molecule has 1 heteroatoms. The average molecular weight is 182 g/mol. The van der Waals surface area contributed by atoms with Crippen LogP contribution < -0.4 is 0 Å². The Hall–Kier alpha value is -0.170. The minimum atomic E-state index is 0.787. The normalized spacial score (nSPS) is 24.5. The van der Waals surface area contributed by atoms with Crippen molar-refractivity contribution in [3.05, 3.63) is 23.8 Å². The molecule has 0 radical (unpaired) electrons. The van der Waals surface area contributed by atoms with Crippen LogP contribution in [0.15, 0.2) is 23.8 Å². The van der Waals surface area contributed by atoms with Crippen LogP contribution in [-0.4, -0.2) is 11.0 Å². The fourth-order valence-electron chi connectivity index (χ4n) is 1.47. The van der Waals surface area contributed by atoms with Gasteiger partial charge in [0.1, 0.15) is 0 Å². The molecule has 0 aromatic heterocycles. The standard InChI is InChI=1S/C11H18S/c1-3-4-8-12-11-7-5-6-10(2)9-11/h3-4,9,11H,5-8H2,1-2H3/b4-3+. The zero-order valence-electron chi connectivity index (χ0n) is 8.05. The first-order valence-electron chi connectivity index (χ1n) is 4.73. The molecule has 0 saturated carbocycles. The number of hydrogen-bond acceptors (Lipinski definition) is 1. The summed E-state index contributed by atoms with van der Waals surface area (Å²) in [5.74, 6) is 1.17. The summed E-state index contributed by atoms with van der Waals surface area (Å²) in [5, 5.41) is 0.787. The van der Waals surface area contributed by atoms with Gasteiger partial charge in [0.05, 0.1) is 0 Å². The molecule has 0 amide bonds. The molecule has 0 aromatic carbocycles. The lowest BCUT2D eigenvalue weighted by Crippen LogP contribution is -2.05. The highest BCUT2D eigenvalue weighted by molar-refractivity contribution is 8.00. The molecule has 0 aliphatic heterocycles. The zero-order valence-corrected chi connectivity index (χ0v) is 8.86. The second-order valence-electron chi connectivity index (χ2n) is 3.35. The summed E-state index contributed by atoms with van der Waals surface area (Å²) in [4.78, 5) is 0. The van der Waals surface area contributed by atoms with E-state index in [0.29, 0.717) is 0 Å². The van der Waals surface area contributed by atoms with Crippen molar-refractivity contribution in [2.24, 2.45) is 0 Å². The van der Waals surface area contributed by atoms with E-state index < -0.39 is 0 Å². The minimum absolute atomic E-state index is 0.787. The van der Waals surface area contributed by atoms with Gasteiger partial charge in [-0.15, -0.1) is 0 Å². The van der Waals surface area contributed by atoms with Crippen LogP contribution in [0.25, 0.3) is 0 Å². The molecule has 0 nitrogen and oxygen atoms in total. The van der Waals surface area contributed by atoms with E-state index in [4.69, 9.17) is 0 Å². The number of thioether (sulfide) groups is 1. The molecule has 0 fully saturated rings. The molecule has 0 N–H and O–H groups in total. The van der Waals surface area contributed by atoms with Crippen LogP contribution in [0.3, 0.4) is 0 Å². The molecule has 1 atom stereocenters. The van der Waals surface area contributed by atoms with E-state index in [2.05, 4.69) is 43.8 Å². The molecule has 68 valence electrons. The smallest absolute Gasteiger partial charge is 0.0232 e. The van der Waals surface area contributed by atoms with Crippen LogP contribution in [0, 0.1) is 0 Å². The zero-order chi connectivity index (χ0) is 8.81. The van der Waals surface area contributed by atoms with Crippen molar-refractivity contribution in [2.75, 3.05) is 5.75 Å². The van der Waals surface area contributed by atoms with Gasteiger partial charge in [0.25, 0.3) is 0 Å². The Morgan fingerprint density at radius 3 is 3.17 bits per heavy atom. The molecule has 12 heavy (non-hydrogen) atoms. The fourth-order valence-corrected chi connectivity index (χ4v) is 2.69. The third-order valence-corrected chi connectivity index (χ3v) is 3.36. The van der Waals surface area contributed by atoms with Crippen LogP contribution in [0.2, 0.25) is 0 Å². The Labute approximate surface area is 80.1 Å². The fraction of sp³-hybridized carbons (Fsp3) is 0.636. The highest BCUT2D eigenvalue weighted by Gasteiger charge is 2.10. The lowest BCUT2D eigenvalue weighted by atomic mass is 10.0. The van der Waals surface area contributed by atoms with Gasteiger partial charge in [0.2, 0.25) is 0 Å². The van der Waals surface area contributed by atoms with Gasteiger partial charge in [0.15, 0.2) is 0 Å². The first-order chi connectivity index (χ1) is 5.83. The van der Waals surface area contributed by atoms with Gasteiger partial charge in [-0.2, -0.15) is 11.8 Å². The maximum atomic E-state index is 2.44. The molecule has 1 rings (SSSR count). The molecule has 0 bridgehead atoms. The lowest BCUT2D eigenvalue weighted by Gasteiger charge is -2.17. The third kappa shape index (κ3) is 3.48. The second-order valence-corrected chi connectivity index (χ2v) is 4.62. The van der Waals surface area contributed by atoms with E-state index in [0.717, 1.165) is 5.25 Å². The number of hydrogen-bond donors (Lipinski definition) is 0. The summed E-state index contributed by atoms with van der Waals surface area (Å²) in [7, 11) is 0. The van der Waals surface area contributed by atoms with Crippen LogP contribution in [-0.2, 0) is 0 Å². The molecular weight excluding hydrogens is 164 g/mol. The Morgan fingerprint density at radius 1 is 1.67 bits per heavy atom. The van der Waals surface area contributed by atoms with Crippen molar-refractivity contribution in [2.45, 2.75) is 38.4 Å². The van der Waals surface area contributed by atoms with Crippen molar-refractivity contribution < 1.29 is 0 Å². The molecule has 0 heterocycles. The van der Waals surface area contributed by atoms with Gasteiger partial charge in [-0.3, -0.25) is 0 Å². The van der Waals surface area contributed by atoms with E-state index in [1.165, 1.54) is 25.0 Å². The van der Waals surface area contributed by atoms with Crippen molar-refractivity contribution in [3.63, 3.8) is 0 Å². The summed E-state index contributed by atoms with van der Waals surface area (Å²) in [6.07, 6.45) is 10.9. The largest absolute Gasteiger partial charge is 0.150 e. The van der Waals surface area contributed by atoms with E-state index in [9.17, 15) is 0 Å². The third-order valence-electron chi connectivity index (χ3n) is 2.17. The highest BCUT2D eigenvalue weighted by atomic mass is 32.2. The predicted octanol–water partition coefficient (Wildman–Crippen LogP) is 3.79. The molecule has 1 unspecified atom stereocenters. The van der Waals surface area contributed by atoms with E-state index in [1.807, 2.05) is 0 Å². The van der Waals surface area contributed by atoms with E-state index in [1.54, 1.807) is 5.57 Å². The molecule has 1 aliphatic carbocycles. The predicted molar refractivity (Wildman–Crippen MR) is 58.7 cm³/mol. The van der Waals surface area contributed by atoms with Crippen LogP contribution in [0.1, 0.15) is 33.1 Å². The Bertz CT molecular complexity index is 179. The summed E-state index contributed by atoms with van der Waals surface area (Å²) >= 11 is 2.06. The van der Waals surface area contributed by atoms with Gasteiger partial charge in [-0.05, 0) is 33.1 Å². The van der Waals surface area contributed by atoms with Crippen LogP contribution in [0.5, 0.6) is 0 Å². The molecule has 0 aromatic rings. The minimum Gasteiger partial charge on any atom is -0.150 e. The maximum Gasteiger partial charge on any atom is 0.0232 e. The first-order valence-corrected chi connectivity index (χ1v) is 5.78. The molecule has 1 aliphatic rings. The Kier molecular flexibility index (Phi) is 4.52. The summed E-state index contributed by atoms with van der Waals surface area (Å²) in [6.45, 7) is 4.34. The average Bonchev–Trinajstić information content (AvgIpc) is 2.05. The molecule has 0 spiro atoms. The van der Waals surface area contributed by atoms with Gasteiger partial charge in [-0.25, -0.2) is 0 Å². The van der Waals surface area contributed by atoms with Crippen molar-refractivity contribution in [3.8, 4) is 0 Å². The van der Waals surface area contributed by atoms with Gasteiger partial charge in [-0.1, -0.05) is 23.8 Å².